The summed E-state index contributed by atoms with van der Waals surface area (Å²) < 4.78 is 6.93. The van der Waals surface area contributed by atoms with Crippen LogP contribution in [0.4, 0.5) is 0 Å². The van der Waals surface area contributed by atoms with Gasteiger partial charge in [-0.05, 0) is 40.1 Å². The molecule has 9 heteroatoms. The summed E-state index contributed by atoms with van der Waals surface area (Å²) in [6.45, 7) is 0.281. The van der Waals surface area contributed by atoms with E-state index in [1.807, 2.05) is 23.6 Å². The van der Waals surface area contributed by atoms with Crippen molar-refractivity contribution in [2.24, 2.45) is 0 Å². The first-order chi connectivity index (χ1) is 12.3. The van der Waals surface area contributed by atoms with Crippen LogP contribution in [-0.2, 0) is 6.54 Å². The van der Waals surface area contributed by atoms with E-state index in [0.29, 0.717) is 22.8 Å². The Labute approximate surface area is 146 Å². The number of hydrogen-bond donors (Lipinski definition) is 1. The molecule has 0 aliphatic heterocycles. The van der Waals surface area contributed by atoms with Gasteiger partial charge in [0.15, 0.2) is 0 Å². The van der Waals surface area contributed by atoms with E-state index in [2.05, 4.69) is 25.8 Å². The zero-order valence-corrected chi connectivity index (χ0v) is 13.7. The molecule has 0 aliphatic rings. The number of rotatable bonds is 5. The maximum absolute atomic E-state index is 12.3. The van der Waals surface area contributed by atoms with Gasteiger partial charge in [0.2, 0.25) is 5.89 Å². The molecule has 3 aromatic heterocycles. The molecule has 0 saturated carbocycles. The number of tetrazole rings is 1. The van der Waals surface area contributed by atoms with Gasteiger partial charge in [0.05, 0.1) is 22.8 Å². The number of carbonyl (C=O) groups excluding carboxylic acids is 1. The topological polar surface area (TPSA) is 98.7 Å². The van der Waals surface area contributed by atoms with E-state index in [-0.39, 0.29) is 12.5 Å². The minimum Gasteiger partial charge on any atom is -0.443 e. The normalized spacial score (nSPS) is 10.7. The fourth-order valence-electron chi connectivity index (χ4n) is 2.24. The summed E-state index contributed by atoms with van der Waals surface area (Å²) in [5.41, 5.74) is 1.88. The van der Waals surface area contributed by atoms with Crippen molar-refractivity contribution in [3.63, 3.8) is 0 Å². The summed E-state index contributed by atoms with van der Waals surface area (Å²) in [6, 6.07) is 10.9. The Morgan fingerprint density at radius 2 is 2.24 bits per heavy atom. The first-order valence-corrected chi connectivity index (χ1v) is 8.27. The maximum Gasteiger partial charge on any atom is 0.251 e. The number of benzene rings is 1. The molecule has 124 valence electrons. The van der Waals surface area contributed by atoms with E-state index in [4.69, 9.17) is 4.42 Å². The van der Waals surface area contributed by atoms with Crippen molar-refractivity contribution in [3.05, 3.63) is 65.6 Å². The van der Waals surface area contributed by atoms with Gasteiger partial charge in [0.1, 0.15) is 12.6 Å². The maximum atomic E-state index is 12.3. The number of thiophene rings is 1. The van der Waals surface area contributed by atoms with Crippen molar-refractivity contribution in [1.82, 2.24) is 30.5 Å². The van der Waals surface area contributed by atoms with Crippen molar-refractivity contribution in [2.45, 2.75) is 6.54 Å². The largest absolute Gasteiger partial charge is 0.443 e. The number of hydrogen-bond acceptors (Lipinski definition) is 7. The highest BCUT2D eigenvalue weighted by atomic mass is 32.1. The quantitative estimate of drug-likeness (QED) is 0.592. The Balaban J connectivity index is 1.43. The highest BCUT2D eigenvalue weighted by Crippen LogP contribution is 2.23. The summed E-state index contributed by atoms with van der Waals surface area (Å²) in [4.78, 5) is 17.7. The zero-order chi connectivity index (χ0) is 17.1. The molecule has 1 amide bonds. The summed E-state index contributed by atoms with van der Waals surface area (Å²) in [5, 5.41) is 15.8. The second kappa shape index (κ2) is 6.65. The van der Waals surface area contributed by atoms with E-state index in [1.54, 1.807) is 35.8 Å². The monoisotopic (exact) mass is 352 g/mol. The Morgan fingerprint density at radius 1 is 1.28 bits per heavy atom. The van der Waals surface area contributed by atoms with Crippen LogP contribution in [-0.4, -0.2) is 31.1 Å². The molecule has 0 bridgehead atoms. The molecule has 0 radical (unpaired) electrons. The molecule has 25 heavy (non-hydrogen) atoms. The molecule has 1 N–H and O–H groups in total. The van der Waals surface area contributed by atoms with Crippen LogP contribution < -0.4 is 5.32 Å². The smallest absolute Gasteiger partial charge is 0.251 e. The van der Waals surface area contributed by atoms with Crippen molar-refractivity contribution < 1.29 is 9.21 Å². The fraction of sp³-hybridized carbons (Fsp3) is 0.0625. The van der Waals surface area contributed by atoms with E-state index < -0.39 is 0 Å². The number of aromatic nitrogens is 5. The van der Waals surface area contributed by atoms with E-state index in [9.17, 15) is 4.79 Å². The first-order valence-electron chi connectivity index (χ1n) is 7.39. The molecule has 1 aromatic carbocycles. The standard InChI is InChI=1S/C16H12N6O2S/c23-15(11-3-1-4-13(7-11)22-10-18-20-21-22)17-8-12-9-24-16(19-12)14-5-2-6-25-14/h1-7,9-10H,8H2,(H,17,23). The molecular formula is C16H12N6O2S. The summed E-state index contributed by atoms with van der Waals surface area (Å²) in [5.74, 6) is 0.343. The number of nitrogens with one attached hydrogen (secondary N) is 1. The van der Waals surface area contributed by atoms with Gasteiger partial charge in [-0.3, -0.25) is 4.79 Å². The number of amides is 1. The Bertz CT molecular complexity index is 978. The Kier molecular flexibility index (Phi) is 4.05. The van der Waals surface area contributed by atoms with Crippen LogP contribution in [0.2, 0.25) is 0 Å². The van der Waals surface area contributed by atoms with Crippen molar-refractivity contribution in [1.29, 1.82) is 0 Å². The van der Waals surface area contributed by atoms with Crippen LogP contribution in [0, 0.1) is 0 Å². The fourth-order valence-corrected chi connectivity index (χ4v) is 2.90. The highest BCUT2D eigenvalue weighted by molar-refractivity contribution is 7.13. The molecule has 0 aliphatic carbocycles. The SMILES string of the molecule is O=C(NCc1coc(-c2cccs2)n1)c1cccc(-n2cnnn2)c1. The number of carbonyl (C=O) groups is 1. The highest BCUT2D eigenvalue weighted by Gasteiger charge is 2.11. The Hall–Kier alpha value is -3.33. The molecular weight excluding hydrogens is 340 g/mol. The predicted molar refractivity (Wildman–Crippen MR) is 90.1 cm³/mol. The number of oxazole rings is 1. The van der Waals surface area contributed by atoms with Crippen molar-refractivity contribution >= 4 is 17.2 Å². The van der Waals surface area contributed by atoms with Crippen molar-refractivity contribution in [2.75, 3.05) is 0 Å². The third-order valence-electron chi connectivity index (χ3n) is 3.44. The average molecular weight is 352 g/mol. The lowest BCUT2D eigenvalue weighted by Gasteiger charge is -2.05. The van der Waals surface area contributed by atoms with Crippen LogP contribution >= 0.6 is 11.3 Å². The van der Waals surface area contributed by atoms with E-state index >= 15 is 0 Å². The molecule has 0 atom stereocenters. The molecule has 0 fully saturated rings. The summed E-state index contributed by atoms with van der Waals surface area (Å²) in [7, 11) is 0. The molecule has 0 spiro atoms. The third-order valence-corrected chi connectivity index (χ3v) is 4.29. The molecule has 4 aromatic rings. The molecule has 4 rings (SSSR count). The lowest BCUT2D eigenvalue weighted by Crippen LogP contribution is -2.23. The first kappa shape index (κ1) is 15.2. The second-order valence-electron chi connectivity index (χ2n) is 5.11. The second-order valence-corrected chi connectivity index (χ2v) is 6.06. The van der Waals surface area contributed by atoms with Crippen LogP contribution in [0.1, 0.15) is 16.1 Å². The lowest BCUT2D eigenvalue weighted by atomic mass is 10.2. The minimum absolute atomic E-state index is 0.212. The Morgan fingerprint density at radius 3 is 3.04 bits per heavy atom. The molecule has 0 saturated heterocycles. The zero-order valence-electron chi connectivity index (χ0n) is 12.9. The van der Waals surface area contributed by atoms with Gasteiger partial charge < -0.3 is 9.73 Å². The molecule has 8 nitrogen and oxygen atoms in total. The van der Waals surface area contributed by atoms with Crippen molar-refractivity contribution in [3.8, 4) is 16.5 Å². The average Bonchev–Trinajstić information content (AvgIpc) is 3.42. The third kappa shape index (κ3) is 3.31. The van der Waals surface area contributed by atoms with Crippen LogP contribution in [0.3, 0.4) is 0 Å². The van der Waals surface area contributed by atoms with Gasteiger partial charge >= 0.3 is 0 Å². The number of nitrogens with zero attached hydrogens (tertiary/aromatic N) is 5. The van der Waals surface area contributed by atoms with Crippen LogP contribution in [0.15, 0.2) is 58.8 Å². The van der Waals surface area contributed by atoms with E-state index in [1.165, 1.54) is 11.0 Å². The lowest BCUT2D eigenvalue weighted by molar-refractivity contribution is 0.0950. The van der Waals surface area contributed by atoms with Crippen LogP contribution in [0.25, 0.3) is 16.5 Å². The van der Waals surface area contributed by atoms with Gasteiger partial charge in [-0.2, -0.15) is 0 Å². The predicted octanol–water partition coefficient (Wildman–Crippen LogP) is 2.31. The van der Waals surface area contributed by atoms with Gasteiger partial charge in [-0.1, -0.05) is 12.1 Å². The molecule has 0 unspecified atom stereocenters. The summed E-state index contributed by atoms with van der Waals surface area (Å²) >= 11 is 1.55. The summed E-state index contributed by atoms with van der Waals surface area (Å²) in [6.07, 6.45) is 3.02. The van der Waals surface area contributed by atoms with Gasteiger partial charge in [-0.25, -0.2) is 9.67 Å². The minimum atomic E-state index is -0.212. The van der Waals surface area contributed by atoms with Gasteiger partial charge in [0.25, 0.3) is 5.91 Å². The van der Waals surface area contributed by atoms with Gasteiger partial charge in [-0.15, -0.1) is 16.4 Å². The van der Waals surface area contributed by atoms with Crippen LogP contribution in [0.5, 0.6) is 0 Å². The van der Waals surface area contributed by atoms with E-state index in [0.717, 1.165) is 4.88 Å². The van der Waals surface area contributed by atoms with Gasteiger partial charge in [0, 0.05) is 5.56 Å². The molecule has 3 heterocycles.